The molecule has 1 fully saturated rings. The van der Waals surface area contributed by atoms with Crippen LogP contribution in [-0.2, 0) is 0 Å². The summed E-state index contributed by atoms with van der Waals surface area (Å²) in [6, 6.07) is 8.45. The van der Waals surface area contributed by atoms with Crippen molar-refractivity contribution in [3.05, 3.63) is 29.8 Å². The summed E-state index contributed by atoms with van der Waals surface area (Å²) < 4.78 is 0. The molecule has 1 heterocycles. The third-order valence-corrected chi connectivity index (χ3v) is 4.11. The van der Waals surface area contributed by atoms with Crippen LogP contribution in [0, 0.1) is 5.92 Å². The molecule has 1 aliphatic heterocycles. The highest BCUT2D eigenvalue weighted by molar-refractivity contribution is 5.93. The van der Waals surface area contributed by atoms with Gasteiger partial charge in [-0.1, -0.05) is 13.0 Å². The van der Waals surface area contributed by atoms with Gasteiger partial charge in [-0.05, 0) is 44.5 Å². The van der Waals surface area contributed by atoms with E-state index in [2.05, 4.69) is 31.1 Å². The second-order valence-electron chi connectivity index (χ2n) is 5.70. The molecule has 1 amide bonds. The smallest absolute Gasteiger partial charge is 0.248 e. The molecule has 0 radical (unpaired) electrons. The third kappa shape index (κ3) is 3.26. The van der Waals surface area contributed by atoms with E-state index in [-0.39, 0.29) is 5.91 Å². The number of carbonyl (C=O) groups excluding carboxylic acids is 1. The molecule has 0 aliphatic carbocycles. The van der Waals surface area contributed by atoms with Gasteiger partial charge in [-0.15, -0.1) is 0 Å². The Morgan fingerprint density at radius 1 is 1.42 bits per heavy atom. The normalized spacial score (nSPS) is 28.1. The fourth-order valence-electron chi connectivity index (χ4n) is 2.72. The van der Waals surface area contributed by atoms with Crippen molar-refractivity contribution in [3.8, 4) is 0 Å². The molecule has 2 rings (SSSR count). The van der Waals surface area contributed by atoms with Gasteiger partial charge in [-0.25, -0.2) is 0 Å². The average Bonchev–Trinajstić information content (AvgIpc) is 2.36. The molecule has 3 N–H and O–H groups in total. The summed E-state index contributed by atoms with van der Waals surface area (Å²) >= 11 is 0. The van der Waals surface area contributed by atoms with Crippen LogP contribution in [0.2, 0.25) is 0 Å². The lowest BCUT2D eigenvalue weighted by atomic mass is 9.89. The Morgan fingerprint density at radius 3 is 2.84 bits per heavy atom. The highest BCUT2D eigenvalue weighted by Gasteiger charge is 2.28. The molecule has 0 spiro atoms. The first-order chi connectivity index (χ1) is 8.97. The molecule has 3 atom stereocenters. The van der Waals surface area contributed by atoms with Gasteiger partial charge in [0.25, 0.3) is 0 Å². The molecule has 0 aromatic heterocycles. The first-order valence-electron chi connectivity index (χ1n) is 6.84. The Bertz CT molecular complexity index is 460. The van der Waals surface area contributed by atoms with Crippen molar-refractivity contribution in [2.75, 3.05) is 18.9 Å². The van der Waals surface area contributed by atoms with E-state index in [0.29, 0.717) is 23.6 Å². The van der Waals surface area contributed by atoms with Crippen LogP contribution in [0.25, 0.3) is 0 Å². The van der Waals surface area contributed by atoms with Crippen LogP contribution in [0.4, 0.5) is 5.69 Å². The van der Waals surface area contributed by atoms with Crippen LogP contribution in [0.15, 0.2) is 24.3 Å². The minimum absolute atomic E-state index is 0.381. The molecule has 19 heavy (non-hydrogen) atoms. The summed E-state index contributed by atoms with van der Waals surface area (Å²) in [5.74, 6) is 0.201. The van der Waals surface area contributed by atoms with Gasteiger partial charge >= 0.3 is 0 Å². The van der Waals surface area contributed by atoms with Crippen molar-refractivity contribution in [1.82, 2.24) is 4.90 Å². The highest BCUT2D eigenvalue weighted by atomic mass is 16.1. The van der Waals surface area contributed by atoms with Crippen LogP contribution in [0.1, 0.15) is 30.6 Å². The zero-order chi connectivity index (χ0) is 14.0. The minimum Gasteiger partial charge on any atom is -0.382 e. The highest BCUT2D eigenvalue weighted by Crippen LogP contribution is 2.24. The number of likely N-dealkylation sites (tertiary alicyclic amines) is 1. The number of nitrogens with two attached hydrogens (primary N) is 1. The van der Waals surface area contributed by atoms with E-state index in [1.165, 1.54) is 0 Å². The minimum atomic E-state index is -0.381. The fourth-order valence-corrected chi connectivity index (χ4v) is 2.72. The van der Waals surface area contributed by atoms with Crippen molar-refractivity contribution in [1.29, 1.82) is 0 Å². The van der Waals surface area contributed by atoms with Gasteiger partial charge in [0.05, 0.1) is 0 Å². The lowest BCUT2D eigenvalue weighted by molar-refractivity contribution is 0.100. The van der Waals surface area contributed by atoms with E-state index in [1.807, 2.05) is 18.2 Å². The number of rotatable bonds is 3. The van der Waals surface area contributed by atoms with Gasteiger partial charge in [0.1, 0.15) is 0 Å². The van der Waals surface area contributed by atoms with Crippen LogP contribution < -0.4 is 11.1 Å². The van der Waals surface area contributed by atoms with Crippen LogP contribution >= 0.6 is 0 Å². The molecule has 1 saturated heterocycles. The molecule has 1 aromatic rings. The maximum Gasteiger partial charge on any atom is 0.248 e. The summed E-state index contributed by atoms with van der Waals surface area (Å²) in [5, 5.41) is 3.54. The topological polar surface area (TPSA) is 58.4 Å². The van der Waals surface area contributed by atoms with Crippen LogP contribution in [0.3, 0.4) is 0 Å². The van der Waals surface area contributed by atoms with Crippen LogP contribution in [0.5, 0.6) is 0 Å². The van der Waals surface area contributed by atoms with Crippen molar-refractivity contribution in [2.24, 2.45) is 11.7 Å². The Labute approximate surface area is 115 Å². The lowest BCUT2D eigenvalue weighted by Crippen LogP contribution is -2.48. The number of carbonyl (C=O) groups is 1. The molecule has 4 nitrogen and oxygen atoms in total. The van der Waals surface area contributed by atoms with E-state index in [1.54, 1.807) is 6.07 Å². The lowest BCUT2D eigenvalue weighted by Gasteiger charge is -2.40. The second kappa shape index (κ2) is 5.61. The molecule has 1 aliphatic rings. The Hall–Kier alpha value is -1.55. The van der Waals surface area contributed by atoms with Crippen molar-refractivity contribution >= 4 is 11.6 Å². The van der Waals surface area contributed by atoms with Crippen molar-refractivity contribution in [2.45, 2.75) is 32.4 Å². The number of piperidine rings is 1. The number of benzene rings is 1. The first kappa shape index (κ1) is 13.9. The molecular weight excluding hydrogens is 238 g/mol. The zero-order valence-corrected chi connectivity index (χ0v) is 11.9. The number of hydrogen-bond acceptors (Lipinski definition) is 3. The Kier molecular flexibility index (Phi) is 4.10. The van der Waals surface area contributed by atoms with E-state index >= 15 is 0 Å². The van der Waals surface area contributed by atoms with Gasteiger partial charge in [0.15, 0.2) is 0 Å². The number of amides is 1. The number of hydrogen-bond donors (Lipinski definition) is 2. The molecule has 4 heteroatoms. The SMILES string of the molecule is CC1CN(C)C(C)CC1Nc1cccc(C(N)=O)c1. The van der Waals surface area contributed by atoms with Gasteiger partial charge in [-0.3, -0.25) is 4.79 Å². The number of anilines is 1. The predicted octanol–water partition coefficient (Wildman–Crippen LogP) is 1.93. The summed E-state index contributed by atoms with van der Waals surface area (Å²) in [6.07, 6.45) is 1.11. The Morgan fingerprint density at radius 2 is 2.16 bits per heavy atom. The Balaban J connectivity index is 2.08. The van der Waals surface area contributed by atoms with Gasteiger partial charge < -0.3 is 16.0 Å². The molecule has 104 valence electrons. The number of primary amides is 1. The molecule has 0 bridgehead atoms. The predicted molar refractivity (Wildman–Crippen MR) is 78.2 cm³/mol. The standard InChI is InChI=1S/C15H23N3O/c1-10-9-18(3)11(2)7-14(10)17-13-6-4-5-12(8-13)15(16)19/h4-6,8,10-11,14,17H,7,9H2,1-3H3,(H2,16,19). The van der Waals surface area contributed by atoms with Gasteiger partial charge in [-0.2, -0.15) is 0 Å². The average molecular weight is 261 g/mol. The number of nitrogens with zero attached hydrogens (tertiary/aromatic N) is 1. The van der Waals surface area contributed by atoms with Crippen molar-refractivity contribution in [3.63, 3.8) is 0 Å². The van der Waals surface area contributed by atoms with E-state index in [4.69, 9.17) is 5.73 Å². The summed E-state index contributed by atoms with van der Waals surface area (Å²) in [7, 11) is 2.17. The van der Waals surface area contributed by atoms with Gasteiger partial charge in [0.2, 0.25) is 5.91 Å². The van der Waals surface area contributed by atoms with E-state index in [9.17, 15) is 4.79 Å². The summed E-state index contributed by atoms with van der Waals surface area (Å²) in [6.45, 7) is 5.60. The quantitative estimate of drug-likeness (QED) is 0.874. The maximum atomic E-state index is 11.2. The summed E-state index contributed by atoms with van der Waals surface area (Å²) in [4.78, 5) is 13.6. The second-order valence-corrected chi connectivity index (χ2v) is 5.70. The van der Waals surface area contributed by atoms with Gasteiger partial charge in [0, 0.05) is 29.9 Å². The maximum absolute atomic E-state index is 11.2. The molecule has 0 saturated carbocycles. The largest absolute Gasteiger partial charge is 0.382 e. The van der Waals surface area contributed by atoms with E-state index < -0.39 is 0 Å². The molecule has 1 aromatic carbocycles. The zero-order valence-electron chi connectivity index (χ0n) is 11.9. The van der Waals surface area contributed by atoms with Crippen LogP contribution in [-0.4, -0.2) is 36.5 Å². The summed E-state index contributed by atoms with van der Waals surface area (Å²) in [5.41, 5.74) is 6.84. The first-order valence-corrected chi connectivity index (χ1v) is 6.84. The number of nitrogens with one attached hydrogen (secondary N) is 1. The molecular formula is C15H23N3O. The molecule has 3 unspecified atom stereocenters. The third-order valence-electron chi connectivity index (χ3n) is 4.11. The van der Waals surface area contributed by atoms with Crippen molar-refractivity contribution < 1.29 is 4.79 Å². The monoisotopic (exact) mass is 261 g/mol. The van der Waals surface area contributed by atoms with E-state index in [0.717, 1.165) is 18.7 Å². The fraction of sp³-hybridized carbons (Fsp3) is 0.533.